The number of aryl methyl sites for hydroxylation is 1. The second kappa shape index (κ2) is 7.02. The van der Waals surface area contributed by atoms with Crippen LogP contribution in [0.1, 0.15) is 17.6 Å². The third kappa shape index (κ3) is 4.16. The van der Waals surface area contributed by atoms with E-state index in [1.54, 1.807) is 11.3 Å². The molecule has 5 heteroatoms. The summed E-state index contributed by atoms with van der Waals surface area (Å²) < 4.78 is 0. The Hall–Kier alpha value is 0.290. The highest BCUT2D eigenvalue weighted by Gasteiger charge is 2.24. The van der Waals surface area contributed by atoms with Crippen LogP contribution in [0.3, 0.4) is 0 Å². The van der Waals surface area contributed by atoms with E-state index in [0.717, 1.165) is 18.2 Å². The van der Waals surface area contributed by atoms with Crippen molar-refractivity contribution < 1.29 is 0 Å². The minimum atomic E-state index is 0.583. The molecule has 2 nitrogen and oxygen atoms in total. The highest BCUT2D eigenvalue weighted by atomic mass is 32.2. The first-order valence-corrected chi connectivity index (χ1v) is 9.21. The number of likely N-dealkylation sites (N-methyl/N-ethyl adjacent to an activating group) is 1. The van der Waals surface area contributed by atoms with Crippen LogP contribution in [-0.4, -0.2) is 40.1 Å². The van der Waals surface area contributed by atoms with Crippen LogP contribution in [0.2, 0.25) is 0 Å². The molecular formula is C12H20N2S3. The summed E-state index contributed by atoms with van der Waals surface area (Å²) in [5.41, 5.74) is 1.26. The summed E-state index contributed by atoms with van der Waals surface area (Å²) in [6.45, 7) is 5.33. The molecule has 0 bridgehead atoms. The van der Waals surface area contributed by atoms with Crippen LogP contribution < -0.4 is 5.32 Å². The van der Waals surface area contributed by atoms with Crippen molar-refractivity contribution in [1.29, 1.82) is 0 Å². The molecule has 1 fully saturated rings. The molecule has 1 aromatic rings. The van der Waals surface area contributed by atoms with Crippen LogP contribution >= 0.6 is 34.9 Å². The normalized spacial score (nSPS) is 22.6. The number of thiazole rings is 1. The highest BCUT2D eigenvalue weighted by Crippen LogP contribution is 2.28. The summed E-state index contributed by atoms with van der Waals surface area (Å²) >= 11 is 5.98. The second-order valence-corrected chi connectivity index (χ2v) is 7.77. The van der Waals surface area contributed by atoms with Gasteiger partial charge in [0.2, 0.25) is 0 Å². The van der Waals surface area contributed by atoms with Crippen LogP contribution in [0, 0.1) is 6.92 Å². The van der Waals surface area contributed by atoms with Crippen LogP contribution in [0.25, 0.3) is 0 Å². The Morgan fingerprint density at radius 3 is 3.00 bits per heavy atom. The Morgan fingerprint density at radius 1 is 1.53 bits per heavy atom. The Labute approximate surface area is 116 Å². The van der Waals surface area contributed by atoms with Gasteiger partial charge in [-0.2, -0.15) is 23.5 Å². The molecule has 0 spiro atoms. The van der Waals surface area contributed by atoms with Crippen LogP contribution in [-0.2, 0) is 6.42 Å². The number of nitrogens with zero attached hydrogens (tertiary/aromatic N) is 1. The molecule has 1 saturated heterocycles. The number of hydrogen-bond donors (Lipinski definition) is 1. The largest absolute Gasteiger partial charge is 0.313 e. The number of nitrogens with one attached hydrogen (secondary N) is 1. The van der Waals surface area contributed by atoms with E-state index in [0.29, 0.717) is 6.04 Å². The molecule has 1 aliphatic rings. The number of rotatable bonds is 5. The smallest absolute Gasteiger partial charge is 0.0897 e. The van der Waals surface area contributed by atoms with Gasteiger partial charge in [0.15, 0.2) is 0 Å². The van der Waals surface area contributed by atoms with Crippen molar-refractivity contribution >= 4 is 34.9 Å². The van der Waals surface area contributed by atoms with Crippen LogP contribution in [0.5, 0.6) is 0 Å². The van der Waals surface area contributed by atoms with Crippen molar-refractivity contribution in [1.82, 2.24) is 10.3 Å². The Balaban J connectivity index is 1.95. The molecule has 0 radical (unpaired) electrons. The lowest BCUT2D eigenvalue weighted by atomic mass is 10.1. The quantitative estimate of drug-likeness (QED) is 0.900. The van der Waals surface area contributed by atoms with Gasteiger partial charge in [0.25, 0.3) is 0 Å². The zero-order valence-electron chi connectivity index (χ0n) is 10.4. The molecule has 0 saturated carbocycles. The Kier molecular flexibility index (Phi) is 5.66. The lowest BCUT2D eigenvalue weighted by Crippen LogP contribution is -2.42. The average Bonchev–Trinajstić information content (AvgIpc) is 2.75. The minimum Gasteiger partial charge on any atom is -0.313 e. The number of hydrogen-bond acceptors (Lipinski definition) is 5. The van der Waals surface area contributed by atoms with E-state index in [9.17, 15) is 0 Å². The van der Waals surface area contributed by atoms with Gasteiger partial charge < -0.3 is 5.32 Å². The third-order valence-corrected chi connectivity index (χ3v) is 6.59. The molecule has 1 aromatic heterocycles. The summed E-state index contributed by atoms with van der Waals surface area (Å²) in [6.07, 6.45) is 1.08. The molecule has 17 heavy (non-hydrogen) atoms. The summed E-state index contributed by atoms with van der Waals surface area (Å²) in [6, 6.07) is 0.583. The summed E-state index contributed by atoms with van der Waals surface area (Å²) in [5.74, 6) is 3.90. The predicted molar refractivity (Wildman–Crippen MR) is 81.6 cm³/mol. The van der Waals surface area contributed by atoms with Crippen molar-refractivity contribution in [2.45, 2.75) is 31.6 Å². The Bertz CT molecular complexity index is 334. The van der Waals surface area contributed by atoms with Gasteiger partial charge >= 0.3 is 0 Å². The molecule has 1 aliphatic heterocycles. The minimum absolute atomic E-state index is 0.583. The van der Waals surface area contributed by atoms with Gasteiger partial charge in [-0.25, -0.2) is 4.98 Å². The first-order valence-electron chi connectivity index (χ1n) is 6.13. The second-order valence-electron chi connectivity index (χ2n) is 4.21. The van der Waals surface area contributed by atoms with Gasteiger partial charge in [-0.05, 0) is 13.5 Å². The van der Waals surface area contributed by atoms with Gasteiger partial charge in [0.05, 0.1) is 10.7 Å². The average molecular weight is 289 g/mol. The molecule has 2 unspecified atom stereocenters. The van der Waals surface area contributed by atoms with E-state index < -0.39 is 0 Å². The fraction of sp³-hybridized carbons (Fsp3) is 0.750. The van der Waals surface area contributed by atoms with Crippen molar-refractivity contribution in [2.75, 3.05) is 23.8 Å². The first kappa shape index (κ1) is 13.7. The van der Waals surface area contributed by atoms with E-state index in [-0.39, 0.29) is 0 Å². The van der Waals surface area contributed by atoms with Gasteiger partial charge in [0.1, 0.15) is 0 Å². The number of thioether (sulfide) groups is 2. The van der Waals surface area contributed by atoms with E-state index in [2.05, 4.69) is 53.1 Å². The van der Waals surface area contributed by atoms with Crippen LogP contribution in [0.4, 0.5) is 0 Å². The van der Waals surface area contributed by atoms with E-state index in [1.807, 2.05) is 0 Å². The topological polar surface area (TPSA) is 24.9 Å². The van der Waals surface area contributed by atoms with E-state index in [4.69, 9.17) is 0 Å². The third-order valence-electron chi connectivity index (χ3n) is 2.85. The molecule has 0 amide bonds. The van der Waals surface area contributed by atoms with Gasteiger partial charge in [-0.15, -0.1) is 11.3 Å². The fourth-order valence-electron chi connectivity index (χ4n) is 2.06. The molecular weight excluding hydrogens is 268 g/mol. The standard InChI is InChI=1S/C12H20N2S3/c1-3-13-11(12-8-15-4-5-16-12)6-10-7-17-9(2)14-10/h7,11-13H,3-6,8H2,1-2H3. The molecule has 2 heterocycles. The van der Waals surface area contributed by atoms with Crippen molar-refractivity contribution in [2.24, 2.45) is 0 Å². The number of aromatic nitrogens is 1. The molecule has 2 atom stereocenters. The van der Waals surface area contributed by atoms with Gasteiger partial charge in [-0.1, -0.05) is 6.92 Å². The lowest BCUT2D eigenvalue weighted by Gasteiger charge is -2.29. The summed E-state index contributed by atoms with van der Waals surface area (Å²) in [7, 11) is 0. The summed E-state index contributed by atoms with van der Waals surface area (Å²) in [5, 5.41) is 7.78. The SMILES string of the molecule is CCNC(Cc1csc(C)n1)C1CSCCS1. The van der Waals surface area contributed by atoms with Gasteiger partial charge in [-0.3, -0.25) is 0 Å². The maximum Gasteiger partial charge on any atom is 0.0897 e. The Morgan fingerprint density at radius 2 is 2.41 bits per heavy atom. The van der Waals surface area contributed by atoms with Crippen molar-refractivity contribution in [3.05, 3.63) is 16.1 Å². The van der Waals surface area contributed by atoms with Crippen molar-refractivity contribution in [3.8, 4) is 0 Å². The first-order chi connectivity index (χ1) is 8.29. The summed E-state index contributed by atoms with van der Waals surface area (Å²) in [4.78, 5) is 4.59. The van der Waals surface area contributed by atoms with Crippen molar-refractivity contribution in [3.63, 3.8) is 0 Å². The zero-order valence-corrected chi connectivity index (χ0v) is 12.9. The van der Waals surface area contributed by atoms with E-state index in [1.165, 1.54) is 28.0 Å². The fourth-order valence-corrected chi connectivity index (χ4v) is 5.58. The molecule has 96 valence electrons. The van der Waals surface area contributed by atoms with Gasteiger partial charge in [0, 0.05) is 40.4 Å². The molecule has 0 aliphatic carbocycles. The van der Waals surface area contributed by atoms with Crippen LogP contribution in [0.15, 0.2) is 5.38 Å². The van der Waals surface area contributed by atoms with E-state index >= 15 is 0 Å². The predicted octanol–water partition coefficient (Wildman–Crippen LogP) is 2.82. The molecule has 0 aromatic carbocycles. The highest BCUT2D eigenvalue weighted by molar-refractivity contribution is 8.06. The molecule has 1 N–H and O–H groups in total. The zero-order chi connectivity index (χ0) is 12.1. The maximum absolute atomic E-state index is 4.59. The molecule has 2 rings (SSSR count). The monoisotopic (exact) mass is 288 g/mol. The maximum atomic E-state index is 4.59. The lowest BCUT2D eigenvalue weighted by molar-refractivity contribution is 0.518.